The standard InChI is InChI=1S/C9H12ClNO/c1-6-4-5-7(11(2)3)8(10)9(6)12/h4-5,12H,1-3H3. The Morgan fingerprint density at radius 2 is 1.92 bits per heavy atom. The average molecular weight is 186 g/mol. The fraction of sp³-hybridized carbons (Fsp3) is 0.333. The van der Waals surface area contributed by atoms with E-state index in [9.17, 15) is 5.11 Å². The second kappa shape index (κ2) is 3.23. The quantitative estimate of drug-likeness (QED) is 0.727. The summed E-state index contributed by atoms with van der Waals surface area (Å²) in [6.07, 6.45) is 0. The van der Waals surface area contributed by atoms with E-state index in [1.165, 1.54) is 0 Å². The third kappa shape index (κ3) is 1.48. The van der Waals surface area contributed by atoms with Crippen LogP contribution in [0.3, 0.4) is 0 Å². The summed E-state index contributed by atoms with van der Waals surface area (Å²) in [5, 5.41) is 9.89. The topological polar surface area (TPSA) is 23.5 Å². The predicted octanol–water partition coefficient (Wildman–Crippen LogP) is 2.42. The first kappa shape index (κ1) is 9.20. The van der Waals surface area contributed by atoms with Gasteiger partial charge in [0, 0.05) is 14.1 Å². The lowest BCUT2D eigenvalue weighted by molar-refractivity contribution is 0.471. The molecule has 0 spiro atoms. The first-order chi connectivity index (χ1) is 5.54. The molecule has 0 fully saturated rings. The molecule has 0 aromatic heterocycles. The Hall–Kier alpha value is -0.890. The SMILES string of the molecule is Cc1ccc(N(C)C)c(Cl)c1O. The molecule has 2 nitrogen and oxygen atoms in total. The summed E-state index contributed by atoms with van der Waals surface area (Å²) >= 11 is 5.90. The van der Waals surface area contributed by atoms with Crippen LogP contribution >= 0.6 is 11.6 Å². The Balaban J connectivity index is 3.27. The van der Waals surface area contributed by atoms with Crippen molar-refractivity contribution in [3.63, 3.8) is 0 Å². The third-order valence-corrected chi connectivity index (χ3v) is 2.15. The van der Waals surface area contributed by atoms with Crippen LogP contribution in [0.2, 0.25) is 5.02 Å². The number of aryl methyl sites for hydroxylation is 1. The Kier molecular flexibility index (Phi) is 2.48. The number of hydrogen-bond acceptors (Lipinski definition) is 2. The van der Waals surface area contributed by atoms with Crippen LogP contribution in [0.25, 0.3) is 0 Å². The highest BCUT2D eigenvalue weighted by Gasteiger charge is 2.08. The molecule has 0 aliphatic carbocycles. The van der Waals surface area contributed by atoms with Crippen molar-refractivity contribution in [1.29, 1.82) is 0 Å². The van der Waals surface area contributed by atoms with Crippen molar-refractivity contribution in [2.45, 2.75) is 6.92 Å². The molecule has 0 saturated carbocycles. The highest BCUT2D eigenvalue weighted by Crippen LogP contribution is 2.35. The number of halogens is 1. The lowest BCUT2D eigenvalue weighted by Crippen LogP contribution is -2.09. The van der Waals surface area contributed by atoms with E-state index >= 15 is 0 Å². The van der Waals surface area contributed by atoms with Gasteiger partial charge in [0.2, 0.25) is 0 Å². The van der Waals surface area contributed by atoms with Gasteiger partial charge >= 0.3 is 0 Å². The second-order valence-corrected chi connectivity index (χ2v) is 3.34. The molecule has 66 valence electrons. The maximum atomic E-state index is 9.48. The van der Waals surface area contributed by atoms with Gasteiger partial charge in [-0.15, -0.1) is 0 Å². The van der Waals surface area contributed by atoms with Crippen molar-refractivity contribution in [2.75, 3.05) is 19.0 Å². The van der Waals surface area contributed by atoms with E-state index in [-0.39, 0.29) is 5.75 Å². The van der Waals surface area contributed by atoms with Gasteiger partial charge in [-0.3, -0.25) is 0 Å². The number of hydrogen-bond donors (Lipinski definition) is 1. The number of benzene rings is 1. The summed E-state index contributed by atoms with van der Waals surface area (Å²) in [5.74, 6) is 0.169. The predicted molar refractivity (Wildman–Crippen MR) is 52.2 cm³/mol. The van der Waals surface area contributed by atoms with Crippen molar-refractivity contribution in [3.8, 4) is 5.75 Å². The van der Waals surface area contributed by atoms with Crippen molar-refractivity contribution in [2.24, 2.45) is 0 Å². The summed E-state index contributed by atoms with van der Waals surface area (Å²) < 4.78 is 0. The van der Waals surface area contributed by atoms with Crippen LogP contribution in [0.15, 0.2) is 12.1 Å². The van der Waals surface area contributed by atoms with E-state index in [0.29, 0.717) is 5.02 Å². The molecular weight excluding hydrogens is 174 g/mol. The van der Waals surface area contributed by atoms with Crippen LogP contribution in [0.1, 0.15) is 5.56 Å². The molecule has 1 N–H and O–H groups in total. The van der Waals surface area contributed by atoms with Gasteiger partial charge in [0.1, 0.15) is 10.8 Å². The zero-order chi connectivity index (χ0) is 9.30. The molecule has 0 radical (unpaired) electrons. The molecule has 0 aliphatic heterocycles. The molecule has 1 rings (SSSR count). The summed E-state index contributed by atoms with van der Waals surface area (Å²) in [6.45, 7) is 1.82. The van der Waals surface area contributed by atoms with Crippen LogP contribution in [0.5, 0.6) is 5.75 Å². The molecule has 0 aliphatic rings. The molecule has 0 amide bonds. The van der Waals surface area contributed by atoms with E-state index in [0.717, 1.165) is 11.3 Å². The van der Waals surface area contributed by atoms with Gasteiger partial charge < -0.3 is 10.0 Å². The van der Waals surface area contributed by atoms with Gasteiger partial charge in [0.05, 0.1) is 5.69 Å². The fourth-order valence-electron chi connectivity index (χ4n) is 0.996. The molecular formula is C9H12ClNO. The highest BCUT2D eigenvalue weighted by atomic mass is 35.5. The Morgan fingerprint density at radius 1 is 1.33 bits per heavy atom. The Bertz CT molecular complexity index is 297. The number of phenolic OH excluding ortho intramolecular Hbond substituents is 1. The molecule has 0 unspecified atom stereocenters. The fourth-order valence-corrected chi connectivity index (χ4v) is 1.38. The van der Waals surface area contributed by atoms with Crippen molar-refractivity contribution in [3.05, 3.63) is 22.7 Å². The van der Waals surface area contributed by atoms with Crippen LogP contribution in [-0.4, -0.2) is 19.2 Å². The van der Waals surface area contributed by atoms with Crippen LogP contribution in [0, 0.1) is 6.92 Å². The summed E-state index contributed by atoms with van der Waals surface area (Å²) in [6, 6.07) is 3.73. The summed E-state index contributed by atoms with van der Waals surface area (Å²) in [7, 11) is 3.77. The van der Waals surface area contributed by atoms with Gasteiger partial charge in [0.15, 0.2) is 0 Å². The zero-order valence-electron chi connectivity index (χ0n) is 7.43. The van der Waals surface area contributed by atoms with E-state index in [4.69, 9.17) is 11.6 Å². The number of nitrogens with zero attached hydrogens (tertiary/aromatic N) is 1. The van der Waals surface area contributed by atoms with E-state index in [2.05, 4.69) is 0 Å². The smallest absolute Gasteiger partial charge is 0.139 e. The Morgan fingerprint density at radius 3 is 2.42 bits per heavy atom. The number of anilines is 1. The molecule has 1 aromatic rings. The normalized spacial score (nSPS) is 10.0. The minimum Gasteiger partial charge on any atom is -0.506 e. The van der Waals surface area contributed by atoms with E-state index in [1.54, 1.807) is 0 Å². The van der Waals surface area contributed by atoms with Crippen molar-refractivity contribution in [1.82, 2.24) is 0 Å². The minimum absolute atomic E-state index is 0.169. The van der Waals surface area contributed by atoms with Crippen molar-refractivity contribution >= 4 is 17.3 Å². The van der Waals surface area contributed by atoms with Crippen LogP contribution in [0.4, 0.5) is 5.69 Å². The average Bonchev–Trinajstić information content (AvgIpc) is 2.00. The summed E-state index contributed by atoms with van der Waals surface area (Å²) in [5.41, 5.74) is 1.63. The van der Waals surface area contributed by atoms with Gasteiger partial charge in [-0.1, -0.05) is 17.7 Å². The van der Waals surface area contributed by atoms with Crippen LogP contribution in [-0.2, 0) is 0 Å². The van der Waals surface area contributed by atoms with Gasteiger partial charge in [-0.05, 0) is 18.6 Å². The number of phenols is 1. The van der Waals surface area contributed by atoms with E-state index < -0.39 is 0 Å². The van der Waals surface area contributed by atoms with Gasteiger partial charge in [0.25, 0.3) is 0 Å². The van der Waals surface area contributed by atoms with Gasteiger partial charge in [-0.25, -0.2) is 0 Å². The molecule has 0 saturated heterocycles. The lowest BCUT2D eigenvalue weighted by Gasteiger charge is -2.15. The van der Waals surface area contributed by atoms with Gasteiger partial charge in [-0.2, -0.15) is 0 Å². The molecule has 0 bridgehead atoms. The monoisotopic (exact) mass is 185 g/mol. The number of rotatable bonds is 1. The third-order valence-electron chi connectivity index (χ3n) is 1.78. The molecule has 1 aromatic carbocycles. The Labute approximate surface area is 77.4 Å². The highest BCUT2D eigenvalue weighted by molar-refractivity contribution is 6.34. The number of aromatic hydroxyl groups is 1. The lowest BCUT2D eigenvalue weighted by atomic mass is 10.2. The zero-order valence-corrected chi connectivity index (χ0v) is 8.18. The summed E-state index contributed by atoms with van der Waals surface area (Å²) in [4.78, 5) is 1.86. The van der Waals surface area contributed by atoms with E-state index in [1.807, 2.05) is 38.1 Å². The molecule has 12 heavy (non-hydrogen) atoms. The minimum atomic E-state index is 0.169. The first-order valence-corrected chi connectivity index (χ1v) is 4.07. The maximum Gasteiger partial charge on any atom is 0.139 e. The largest absolute Gasteiger partial charge is 0.506 e. The van der Waals surface area contributed by atoms with Crippen molar-refractivity contribution < 1.29 is 5.11 Å². The first-order valence-electron chi connectivity index (χ1n) is 3.69. The maximum absolute atomic E-state index is 9.48. The molecule has 3 heteroatoms. The molecule has 0 heterocycles. The van der Waals surface area contributed by atoms with Crippen LogP contribution < -0.4 is 4.90 Å². The molecule has 0 atom stereocenters. The second-order valence-electron chi connectivity index (χ2n) is 2.96.